The third-order valence-electron chi connectivity index (χ3n) is 5.11. The van der Waals surface area contributed by atoms with E-state index >= 15 is 0 Å². The highest BCUT2D eigenvalue weighted by Gasteiger charge is 2.23. The number of benzene rings is 1. The molecule has 0 radical (unpaired) electrons. The number of carbonyl (C=O) groups is 1. The number of aromatic nitrogens is 3. The first-order valence-electron chi connectivity index (χ1n) is 9.70. The molecule has 3 aromatic rings. The average Bonchev–Trinajstić information content (AvgIpc) is 3.17. The summed E-state index contributed by atoms with van der Waals surface area (Å²) in [6.45, 7) is 4.53. The number of nitrogens with one attached hydrogen (secondary N) is 1. The number of anilines is 2. The largest absolute Gasteiger partial charge is 0.369 e. The molecule has 1 amide bonds. The van der Waals surface area contributed by atoms with Gasteiger partial charge in [-0.25, -0.2) is 15.0 Å². The lowest BCUT2D eigenvalue weighted by Gasteiger charge is -2.29. The quantitative estimate of drug-likeness (QED) is 0.649. The van der Waals surface area contributed by atoms with E-state index in [0.29, 0.717) is 5.95 Å². The minimum Gasteiger partial charge on any atom is -0.369 e. The summed E-state index contributed by atoms with van der Waals surface area (Å²) in [5, 5.41) is 6.42. The third kappa shape index (κ3) is 4.96. The fourth-order valence-electron chi connectivity index (χ4n) is 3.48. The van der Waals surface area contributed by atoms with Gasteiger partial charge in [-0.2, -0.15) is 0 Å². The molecular weight excluding hydrogens is 384 g/mol. The zero-order valence-corrected chi connectivity index (χ0v) is 17.2. The number of likely N-dealkylation sites (tertiary alicyclic amines) is 1. The van der Waals surface area contributed by atoms with Gasteiger partial charge in [0.15, 0.2) is 0 Å². The van der Waals surface area contributed by atoms with Gasteiger partial charge in [0.1, 0.15) is 5.01 Å². The molecule has 0 atom stereocenters. The summed E-state index contributed by atoms with van der Waals surface area (Å²) in [5.74, 6) is 0.428. The highest BCUT2D eigenvalue weighted by atomic mass is 32.1. The number of nitrogens with zero attached hydrogens (tertiary/aromatic N) is 4. The molecule has 2 aromatic heterocycles. The van der Waals surface area contributed by atoms with E-state index in [0.717, 1.165) is 60.1 Å². The molecule has 150 valence electrons. The van der Waals surface area contributed by atoms with Gasteiger partial charge < -0.3 is 11.1 Å². The molecule has 3 N–H and O–H groups in total. The highest BCUT2D eigenvalue weighted by Crippen LogP contribution is 2.27. The maximum absolute atomic E-state index is 11.3. The third-order valence-corrected chi connectivity index (χ3v) is 5.94. The van der Waals surface area contributed by atoms with Crippen LogP contribution in [-0.2, 0) is 11.3 Å². The van der Waals surface area contributed by atoms with Crippen LogP contribution < -0.4 is 11.1 Å². The molecule has 1 aliphatic rings. The van der Waals surface area contributed by atoms with Crippen molar-refractivity contribution in [2.45, 2.75) is 26.3 Å². The highest BCUT2D eigenvalue weighted by molar-refractivity contribution is 7.09. The minimum absolute atomic E-state index is 0.0192. The van der Waals surface area contributed by atoms with Crippen LogP contribution in [0.4, 0.5) is 11.6 Å². The van der Waals surface area contributed by atoms with Gasteiger partial charge in [0.2, 0.25) is 11.9 Å². The van der Waals surface area contributed by atoms with E-state index in [4.69, 9.17) is 10.7 Å². The Morgan fingerprint density at radius 3 is 2.86 bits per heavy atom. The lowest BCUT2D eigenvalue weighted by Crippen LogP contribution is -2.38. The Hall–Kier alpha value is -2.84. The smallest absolute Gasteiger partial charge is 0.227 e. The number of hydrogen-bond donors (Lipinski definition) is 2. The lowest BCUT2D eigenvalue weighted by atomic mass is 9.96. The van der Waals surface area contributed by atoms with Crippen LogP contribution in [0.15, 0.2) is 41.9 Å². The van der Waals surface area contributed by atoms with Crippen molar-refractivity contribution in [2.75, 3.05) is 18.4 Å². The number of carbonyl (C=O) groups excluding carboxylic acids is 1. The second-order valence-electron chi connectivity index (χ2n) is 7.31. The second kappa shape index (κ2) is 8.67. The maximum atomic E-state index is 11.3. The number of aryl methyl sites for hydroxylation is 1. The van der Waals surface area contributed by atoms with Crippen LogP contribution in [0.25, 0.3) is 11.3 Å². The maximum Gasteiger partial charge on any atom is 0.227 e. The normalized spacial score (nSPS) is 15.3. The number of thiazole rings is 1. The van der Waals surface area contributed by atoms with E-state index in [-0.39, 0.29) is 11.8 Å². The summed E-state index contributed by atoms with van der Waals surface area (Å²) in [6, 6.07) is 9.98. The molecule has 0 aliphatic carbocycles. The molecule has 0 spiro atoms. The molecule has 0 unspecified atom stereocenters. The van der Waals surface area contributed by atoms with E-state index < -0.39 is 0 Å². The molecule has 1 saturated heterocycles. The first-order chi connectivity index (χ1) is 14.1. The number of nitrogens with two attached hydrogens (primary N) is 1. The summed E-state index contributed by atoms with van der Waals surface area (Å²) in [7, 11) is 0. The van der Waals surface area contributed by atoms with Crippen LogP contribution >= 0.6 is 11.3 Å². The Kier molecular flexibility index (Phi) is 5.82. The van der Waals surface area contributed by atoms with E-state index in [1.165, 1.54) is 0 Å². The van der Waals surface area contributed by atoms with Crippen molar-refractivity contribution >= 4 is 28.9 Å². The zero-order valence-electron chi connectivity index (χ0n) is 16.3. The minimum atomic E-state index is -0.175. The van der Waals surface area contributed by atoms with Crippen LogP contribution in [0.3, 0.4) is 0 Å². The molecule has 4 rings (SSSR count). The van der Waals surface area contributed by atoms with E-state index in [1.54, 1.807) is 17.5 Å². The topological polar surface area (TPSA) is 97.0 Å². The van der Waals surface area contributed by atoms with Crippen LogP contribution in [0.5, 0.6) is 0 Å². The first-order valence-corrected chi connectivity index (χ1v) is 10.6. The van der Waals surface area contributed by atoms with Gasteiger partial charge in [0.05, 0.1) is 12.2 Å². The Balaban J connectivity index is 1.41. The second-order valence-corrected chi connectivity index (χ2v) is 8.25. The number of piperidine rings is 1. The molecule has 1 fully saturated rings. The monoisotopic (exact) mass is 408 g/mol. The Labute approximate surface area is 174 Å². The molecule has 0 saturated carbocycles. The summed E-state index contributed by atoms with van der Waals surface area (Å²) in [4.78, 5) is 27.1. The fraction of sp³-hybridized carbons (Fsp3) is 0.333. The lowest BCUT2D eigenvalue weighted by molar-refractivity contribution is -0.123. The predicted molar refractivity (Wildman–Crippen MR) is 115 cm³/mol. The predicted octanol–water partition coefficient (Wildman–Crippen LogP) is 3.35. The van der Waals surface area contributed by atoms with E-state index in [1.807, 2.05) is 25.1 Å². The van der Waals surface area contributed by atoms with Gasteiger partial charge in [-0.3, -0.25) is 9.69 Å². The van der Waals surface area contributed by atoms with Crippen molar-refractivity contribution in [3.05, 3.63) is 52.6 Å². The summed E-state index contributed by atoms with van der Waals surface area (Å²) < 4.78 is 0. The Morgan fingerprint density at radius 2 is 2.10 bits per heavy atom. The summed E-state index contributed by atoms with van der Waals surface area (Å²) in [5.41, 5.74) is 9.28. The molecule has 8 heteroatoms. The zero-order chi connectivity index (χ0) is 20.2. The van der Waals surface area contributed by atoms with Gasteiger partial charge in [0, 0.05) is 34.4 Å². The molecule has 1 aliphatic heterocycles. The van der Waals surface area contributed by atoms with Crippen LogP contribution in [0.2, 0.25) is 0 Å². The molecule has 0 bridgehead atoms. The van der Waals surface area contributed by atoms with Gasteiger partial charge in [0.25, 0.3) is 0 Å². The number of rotatable bonds is 6. The van der Waals surface area contributed by atoms with Crippen LogP contribution in [0.1, 0.15) is 23.5 Å². The molecule has 7 nitrogen and oxygen atoms in total. The van der Waals surface area contributed by atoms with Crippen molar-refractivity contribution in [1.29, 1.82) is 0 Å². The van der Waals surface area contributed by atoms with Crippen molar-refractivity contribution in [1.82, 2.24) is 19.9 Å². The molecule has 1 aromatic carbocycles. The average molecular weight is 409 g/mol. The standard InChI is InChI=1S/C21H24N6OS/c1-14-5-8-23-21(24-14)25-17-4-2-3-16(11-17)18-13-29-19(26-18)12-27-9-6-15(7-10-27)20(22)28/h2-5,8,11,13,15H,6-7,9-10,12H2,1H3,(H2,22,28)(H,23,24,25). The molecule has 3 heterocycles. The fourth-order valence-corrected chi connectivity index (χ4v) is 4.32. The van der Waals surface area contributed by atoms with Gasteiger partial charge >= 0.3 is 0 Å². The number of amides is 1. The van der Waals surface area contributed by atoms with Gasteiger partial charge in [-0.1, -0.05) is 12.1 Å². The Bertz CT molecular complexity index is 996. The van der Waals surface area contributed by atoms with Gasteiger partial charge in [-0.15, -0.1) is 11.3 Å². The summed E-state index contributed by atoms with van der Waals surface area (Å²) >= 11 is 1.67. The molecule has 29 heavy (non-hydrogen) atoms. The first kappa shape index (κ1) is 19.5. The summed E-state index contributed by atoms with van der Waals surface area (Å²) in [6.07, 6.45) is 3.41. The van der Waals surface area contributed by atoms with E-state index in [9.17, 15) is 4.79 Å². The van der Waals surface area contributed by atoms with Crippen LogP contribution in [-0.4, -0.2) is 38.8 Å². The molecular formula is C21H24N6OS. The van der Waals surface area contributed by atoms with Crippen molar-refractivity contribution < 1.29 is 4.79 Å². The van der Waals surface area contributed by atoms with Crippen molar-refractivity contribution in [3.63, 3.8) is 0 Å². The SMILES string of the molecule is Cc1ccnc(Nc2cccc(-c3csc(CN4CCC(C(N)=O)CC4)n3)c2)n1. The van der Waals surface area contributed by atoms with Crippen molar-refractivity contribution in [2.24, 2.45) is 11.7 Å². The van der Waals surface area contributed by atoms with Gasteiger partial charge in [-0.05, 0) is 51.1 Å². The Morgan fingerprint density at radius 1 is 1.28 bits per heavy atom. The number of primary amides is 1. The number of hydrogen-bond acceptors (Lipinski definition) is 7. The van der Waals surface area contributed by atoms with Crippen molar-refractivity contribution in [3.8, 4) is 11.3 Å². The van der Waals surface area contributed by atoms with Crippen LogP contribution in [0, 0.1) is 12.8 Å². The van der Waals surface area contributed by atoms with E-state index in [2.05, 4.69) is 37.7 Å².